The summed E-state index contributed by atoms with van der Waals surface area (Å²) in [6, 6.07) is 8.13. The maximum Gasteiger partial charge on any atom is 0.159 e. The Balaban J connectivity index is 1.63. The summed E-state index contributed by atoms with van der Waals surface area (Å²) in [5, 5.41) is 0. The fourth-order valence-electron chi connectivity index (χ4n) is 2.87. The highest BCUT2D eigenvalue weighted by molar-refractivity contribution is 9.10. The van der Waals surface area contributed by atoms with Gasteiger partial charge in [0.2, 0.25) is 0 Å². The molecule has 0 saturated heterocycles. The zero-order chi connectivity index (χ0) is 17.0. The van der Waals surface area contributed by atoms with E-state index in [0.29, 0.717) is 0 Å². The second-order valence-corrected chi connectivity index (χ2v) is 7.42. The number of halogens is 1. The molecule has 2 aromatic rings. The van der Waals surface area contributed by atoms with Crippen molar-refractivity contribution >= 4 is 15.9 Å². The third-order valence-electron chi connectivity index (χ3n) is 4.38. The van der Waals surface area contributed by atoms with Gasteiger partial charge < -0.3 is 0 Å². The molecule has 0 unspecified atom stereocenters. The molecule has 1 aromatic carbocycles. The number of aryl methyl sites for hydroxylation is 1. The van der Waals surface area contributed by atoms with Crippen LogP contribution in [0.25, 0.3) is 11.4 Å². The predicted molar refractivity (Wildman–Crippen MR) is 106 cm³/mol. The molecule has 0 amide bonds. The number of unbranched alkanes of at least 4 members (excludes halogenated alkanes) is 8. The van der Waals surface area contributed by atoms with E-state index >= 15 is 0 Å². The monoisotopic (exact) mass is 388 g/mol. The van der Waals surface area contributed by atoms with Crippen LogP contribution in [0, 0.1) is 0 Å². The van der Waals surface area contributed by atoms with Crippen molar-refractivity contribution in [3.05, 3.63) is 46.7 Å². The van der Waals surface area contributed by atoms with Crippen LogP contribution in [-0.4, -0.2) is 9.97 Å². The van der Waals surface area contributed by atoms with Crippen LogP contribution in [0.4, 0.5) is 0 Å². The van der Waals surface area contributed by atoms with E-state index in [1.807, 2.05) is 36.7 Å². The minimum absolute atomic E-state index is 0.804. The second kappa shape index (κ2) is 11.4. The largest absolute Gasteiger partial charge is 0.236 e. The lowest BCUT2D eigenvalue weighted by molar-refractivity contribution is 0.564. The molecule has 0 aliphatic carbocycles. The quantitative estimate of drug-likeness (QED) is 0.388. The SMILES string of the molecule is CCCCCCCCCCCc1cnc(-c2ccc(Br)cc2)nc1. The highest BCUT2D eigenvalue weighted by Crippen LogP contribution is 2.18. The summed E-state index contributed by atoms with van der Waals surface area (Å²) >= 11 is 3.45. The van der Waals surface area contributed by atoms with Gasteiger partial charge >= 0.3 is 0 Å². The van der Waals surface area contributed by atoms with E-state index in [0.717, 1.165) is 22.3 Å². The fraction of sp³-hybridized carbons (Fsp3) is 0.524. The number of rotatable bonds is 11. The number of nitrogens with zero attached hydrogens (tertiary/aromatic N) is 2. The molecule has 0 aliphatic heterocycles. The Labute approximate surface area is 155 Å². The van der Waals surface area contributed by atoms with Crippen LogP contribution in [0.3, 0.4) is 0 Å². The lowest BCUT2D eigenvalue weighted by Gasteiger charge is -2.04. The lowest BCUT2D eigenvalue weighted by Crippen LogP contribution is -1.93. The first-order valence-electron chi connectivity index (χ1n) is 9.36. The van der Waals surface area contributed by atoms with Crippen molar-refractivity contribution in [2.45, 2.75) is 71.1 Å². The molecule has 3 heteroatoms. The Kier molecular flexibility index (Phi) is 9.04. The molecule has 0 atom stereocenters. The molecule has 1 aromatic heterocycles. The Morgan fingerprint density at radius 3 is 1.88 bits per heavy atom. The van der Waals surface area contributed by atoms with Crippen LogP contribution in [-0.2, 0) is 6.42 Å². The van der Waals surface area contributed by atoms with Crippen LogP contribution < -0.4 is 0 Å². The third kappa shape index (κ3) is 7.12. The van der Waals surface area contributed by atoms with E-state index in [4.69, 9.17) is 0 Å². The van der Waals surface area contributed by atoms with E-state index in [1.54, 1.807) is 0 Å². The van der Waals surface area contributed by atoms with Crippen molar-refractivity contribution in [3.63, 3.8) is 0 Å². The normalized spacial score (nSPS) is 10.9. The molecule has 130 valence electrons. The first-order valence-corrected chi connectivity index (χ1v) is 10.2. The van der Waals surface area contributed by atoms with Gasteiger partial charge in [-0.05, 0) is 30.5 Å². The number of benzene rings is 1. The van der Waals surface area contributed by atoms with Crippen LogP contribution in [0.1, 0.15) is 70.3 Å². The van der Waals surface area contributed by atoms with E-state index in [2.05, 4.69) is 32.8 Å². The summed E-state index contributed by atoms with van der Waals surface area (Å²) in [4.78, 5) is 9.02. The van der Waals surface area contributed by atoms with E-state index < -0.39 is 0 Å². The molecule has 1 heterocycles. The topological polar surface area (TPSA) is 25.8 Å². The average molecular weight is 389 g/mol. The molecular formula is C21H29BrN2. The van der Waals surface area contributed by atoms with Crippen molar-refractivity contribution < 1.29 is 0 Å². The van der Waals surface area contributed by atoms with Gasteiger partial charge in [0.15, 0.2) is 5.82 Å². The molecule has 2 rings (SSSR count). The molecule has 0 fully saturated rings. The zero-order valence-corrected chi connectivity index (χ0v) is 16.4. The second-order valence-electron chi connectivity index (χ2n) is 6.50. The summed E-state index contributed by atoms with van der Waals surface area (Å²) in [5.41, 5.74) is 2.31. The van der Waals surface area contributed by atoms with Crippen LogP contribution >= 0.6 is 15.9 Å². The third-order valence-corrected chi connectivity index (χ3v) is 4.91. The Morgan fingerprint density at radius 1 is 0.750 bits per heavy atom. The smallest absolute Gasteiger partial charge is 0.159 e. The first-order chi connectivity index (χ1) is 11.8. The number of hydrogen-bond donors (Lipinski definition) is 0. The molecule has 0 spiro atoms. The predicted octanol–water partition coefficient (Wildman–Crippen LogP) is 6.98. The van der Waals surface area contributed by atoms with Crippen LogP contribution in [0.15, 0.2) is 41.1 Å². The van der Waals surface area contributed by atoms with Crippen molar-refractivity contribution in [2.24, 2.45) is 0 Å². The van der Waals surface area contributed by atoms with Gasteiger partial charge in [-0.15, -0.1) is 0 Å². The fourth-order valence-corrected chi connectivity index (χ4v) is 3.14. The number of aromatic nitrogens is 2. The van der Waals surface area contributed by atoms with Crippen molar-refractivity contribution in [3.8, 4) is 11.4 Å². The minimum atomic E-state index is 0.804. The van der Waals surface area contributed by atoms with Crippen molar-refractivity contribution in [2.75, 3.05) is 0 Å². The van der Waals surface area contributed by atoms with Gasteiger partial charge in [-0.2, -0.15) is 0 Å². The van der Waals surface area contributed by atoms with Gasteiger partial charge in [0.05, 0.1) is 0 Å². The van der Waals surface area contributed by atoms with Crippen LogP contribution in [0.2, 0.25) is 0 Å². The summed E-state index contributed by atoms with van der Waals surface area (Å²) in [6.45, 7) is 2.27. The molecule has 24 heavy (non-hydrogen) atoms. The van der Waals surface area contributed by atoms with Gasteiger partial charge in [0.1, 0.15) is 0 Å². The lowest BCUT2D eigenvalue weighted by atomic mass is 10.1. The highest BCUT2D eigenvalue weighted by Gasteiger charge is 2.02. The zero-order valence-electron chi connectivity index (χ0n) is 14.8. The van der Waals surface area contributed by atoms with E-state index in [1.165, 1.54) is 63.4 Å². The highest BCUT2D eigenvalue weighted by atomic mass is 79.9. The molecule has 0 bridgehead atoms. The standard InChI is InChI=1S/C21H29BrN2/c1-2-3-4-5-6-7-8-9-10-11-18-16-23-21(24-17-18)19-12-14-20(22)15-13-19/h12-17H,2-11H2,1H3. The molecule has 0 radical (unpaired) electrons. The molecule has 0 N–H and O–H groups in total. The molecule has 2 nitrogen and oxygen atoms in total. The number of hydrogen-bond acceptors (Lipinski definition) is 2. The van der Waals surface area contributed by atoms with Gasteiger partial charge in [-0.25, -0.2) is 9.97 Å². The van der Waals surface area contributed by atoms with Crippen molar-refractivity contribution in [1.29, 1.82) is 0 Å². The van der Waals surface area contributed by atoms with Gasteiger partial charge in [0.25, 0.3) is 0 Å². The van der Waals surface area contributed by atoms with Gasteiger partial charge in [-0.3, -0.25) is 0 Å². The Morgan fingerprint density at radius 2 is 1.29 bits per heavy atom. The van der Waals surface area contributed by atoms with E-state index in [9.17, 15) is 0 Å². The average Bonchev–Trinajstić information content (AvgIpc) is 2.62. The summed E-state index contributed by atoms with van der Waals surface area (Å²) in [6.07, 6.45) is 17.4. The maximum atomic E-state index is 4.51. The van der Waals surface area contributed by atoms with Crippen molar-refractivity contribution in [1.82, 2.24) is 9.97 Å². The minimum Gasteiger partial charge on any atom is -0.236 e. The first kappa shape index (κ1) is 19.1. The summed E-state index contributed by atoms with van der Waals surface area (Å²) in [5.74, 6) is 0.804. The Hall–Kier alpha value is -1.22. The summed E-state index contributed by atoms with van der Waals surface area (Å²) < 4.78 is 1.08. The van der Waals surface area contributed by atoms with Crippen LogP contribution in [0.5, 0.6) is 0 Å². The maximum absolute atomic E-state index is 4.51. The van der Waals surface area contributed by atoms with E-state index in [-0.39, 0.29) is 0 Å². The molecule has 0 aliphatic rings. The molecular weight excluding hydrogens is 360 g/mol. The molecule has 0 saturated carbocycles. The van der Waals surface area contributed by atoms with Gasteiger partial charge in [-0.1, -0.05) is 86.4 Å². The Bertz CT molecular complexity index is 563. The summed E-state index contributed by atoms with van der Waals surface area (Å²) in [7, 11) is 0. The van der Waals surface area contributed by atoms with Gasteiger partial charge in [0, 0.05) is 22.4 Å².